The number of nitrogens with two attached hydrogens (primary N) is 1. The second kappa shape index (κ2) is 8.62. The van der Waals surface area contributed by atoms with Gasteiger partial charge in [-0.2, -0.15) is 0 Å². The van der Waals surface area contributed by atoms with E-state index in [1.54, 1.807) is 0 Å². The molecule has 0 amide bonds. The Morgan fingerprint density at radius 2 is 1.80 bits per heavy atom. The normalized spacial score (nSPS) is 29.4. The van der Waals surface area contributed by atoms with Gasteiger partial charge < -0.3 is 15.0 Å². The molecule has 2 aromatic rings. The topological polar surface area (TPSA) is 72.4 Å². The number of anilines is 1. The summed E-state index contributed by atoms with van der Waals surface area (Å²) in [7, 11) is 0. The molecule has 2 aromatic heterocycles. The Balaban J connectivity index is 1.16. The molecular weight excluding hydrogens is 464 g/mol. The Morgan fingerprint density at radius 3 is 2.43 bits per heavy atom. The number of nitrogen functional groups attached to an aromatic ring is 1. The van der Waals surface area contributed by atoms with Gasteiger partial charge in [-0.25, -0.2) is 14.4 Å². The molecule has 0 bridgehead atoms. The van der Waals surface area contributed by atoms with E-state index in [9.17, 15) is 17.6 Å². The van der Waals surface area contributed by atoms with Crippen molar-refractivity contribution in [2.45, 2.75) is 50.0 Å². The molecule has 190 valence electrons. The molecule has 11 heteroatoms. The first-order chi connectivity index (χ1) is 16.8. The van der Waals surface area contributed by atoms with Crippen molar-refractivity contribution in [1.82, 2.24) is 24.3 Å². The number of ether oxygens (including phenoxy) is 1. The van der Waals surface area contributed by atoms with Gasteiger partial charge in [0, 0.05) is 68.7 Å². The maximum Gasteiger partial charge on any atom is 0.573 e. The van der Waals surface area contributed by atoms with Crippen LogP contribution in [0.25, 0.3) is 11.3 Å². The number of imidazole rings is 1. The van der Waals surface area contributed by atoms with Gasteiger partial charge in [0.15, 0.2) is 11.6 Å². The number of nitrogens with zero attached hydrogens (tertiary/aromatic N) is 5. The van der Waals surface area contributed by atoms with Gasteiger partial charge in [-0.05, 0) is 43.6 Å². The summed E-state index contributed by atoms with van der Waals surface area (Å²) in [4.78, 5) is 13.5. The average Bonchev–Trinajstić information content (AvgIpc) is 3.69. The quantitative estimate of drug-likeness (QED) is 0.590. The van der Waals surface area contributed by atoms with E-state index in [1.165, 1.54) is 12.3 Å². The van der Waals surface area contributed by atoms with Crippen LogP contribution in [0.15, 0.2) is 18.5 Å². The van der Waals surface area contributed by atoms with Gasteiger partial charge in [0.05, 0.1) is 5.69 Å². The summed E-state index contributed by atoms with van der Waals surface area (Å²) >= 11 is 0. The van der Waals surface area contributed by atoms with E-state index >= 15 is 0 Å². The van der Waals surface area contributed by atoms with E-state index in [-0.39, 0.29) is 12.5 Å². The zero-order valence-electron chi connectivity index (χ0n) is 19.4. The van der Waals surface area contributed by atoms with Crippen molar-refractivity contribution >= 4 is 5.82 Å². The monoisotopic (exact) mass is 494 g/mol. The lowest BCUT2D eigenvalue weighted by atomic mass is 10.1. The summed E-state index contributed by atoms with van der Waals surface area (Å²) in [5, 5.41) is 0. The maximum atomic E-state index is 12.8. The first-order valence-electron chi connectivity index (χ1n) is 12.4. The zero-order valence-corrected chi connectivity index (χ0v) is 19.4. The van der Waals surface area contributed by atoms with Crippen molar-refractivity contribution in [3.63, 3.8) is 0 Å². The molecule has 35 heavy (non-hydrogen) atoms. The maximum absolute atomic E-state index is 12.8. The summed E-state index contributed by atoms with van der Waals surface area (Å²) in [6, 6.07) is 2.26. The standard InChI is InChI=1S/C24H30F4N6O/c25-3-4-32-5-7-33(8-6-32)16-10-17-18(11-16)21(17)34-13-19(31-23(34)14-1-2-14)15-9-20(22(29)30-12-15)35-24(26,27)28/h9,12-14,16-18,21H,1-8,10-11H2,(H2,29,30)/t16?,17-,18+,21+. The molecule has 7 nitrogen and oxygen atoms in total. The van der Waals surface area contributed by atoms with Gasteiger partial charge in [0.2, 0.25) is 0 Å². The number of alkyl halides is 4. The minimum atomic E-state index is -4.84. The fraction of sp³-hybridized carbons (Fsp3) is 0.667. The largest absolute Gasteiger partial charge is 0.573 e. The van der Waals surface area contributed by atoms with E-state index < -0.39 is 12.1 Å². The minimum Gasteiger partial charge on any atom is -0.402 e. The number of aromatic nitrogens is 3. The van der Waals surface area contributed by atoms with Gasteiger partial charge >= 0.3 is 6.36 Å². The van der Waals surface area contributed by atoms with Gasteiger partial charge in [-0.3, -0.25) is 9.80 Å². The highest BCUT2D eigenvalue weighted by Crippen LogP contribution is 2.62. The summed E-state index contributed by atoms with van der Waals surface area (Å²) in [5.41, 5.74) is 6.68. The van der Waals surface area contributed by atoms with Gasteiger partial charge in [0.25, 0.3) is 0 Å². The summed E-state index contributed by atoms with van der Waals surface area (Å²) in [6.45, 7) is 4.13. The van der Waals surface area contributed by atoms with Gasteiger partial charge in [0.1, 0.15) is 12.5 Å². The number of rotatable bonds is 7. The fourth-order valence-corrected chi connectivity index (χ4v) is 6.19. The number of hydrogen-bond donors (Lipinski definition) is 1. The molecule has 1 unspecified atom stereocenters. The van der Waals surface area contributed by atoms with Crippen molar-refractivity contribution in [2.75, 3.05) is 45.1 Å². The minimum absolute atomic E-state index is 0.283. The highest BCUT2D eigenvalue weighted by molar-refractivity contribution is 5.64. The zero-order chi connectivity index (χ0) is 24.3. The van der Waals surface area contributed by atoms with E-state index in [0.29, 0.717) is 47.6 Å². The number of fused-ring (bicyclic) bond motifs is 1. The van der Waals surface area contributed by atoms with Crippen molar-refractivity contribution in [2.24, 2.45) is 11.8 Å². The first-order valence-corrected chi connectivity index (χ1v) is 12.4. The van der Waals surface area contributed by atoms with Crippen LogP contribution in [0.1, 0.15) is 43.5 Å². The lowest BCUT2D eigenvalue weighted by Crippen LogP contribution is -2.50. The van der Waals surface area contributed by atoms with Crippen LogP contribution in [0.3, 0.4) is 0 Å². The van der Waals surface area contributed by atoms with Crippen molar-refractivity contribution in [1.29, 1.82) is 0 Å². The van der Waals surface area contributed by atoms with Crippen LogP contribution in [-0.2, 0) is 0 Å². The molecule has 0 aromatic carbocycles. The highest BCUT2D eigenvalue weighted by Gasteiger charge is 2.59. The average molecular weight is 495 g/mol. The molecule has 6 rings (SSSR count). The molecular formula is C24H30F4N6O. The lowest BCUT2D eigenvalue weighted by Gasteiger charge is -2.38. The molecule has 0 spiro atoms. The Labute approximate surface area is 201 Å². The SMILES string of the molecule is Nc1ncc(-c2cn([C@H]3[C@@H]4CC(N5CCN(CCF)CC5)C[C@@H]43)c(C3CC3)n2)cc1OC(F)(F)F. The third kappa shape index (κ3) is 4.60. The van der Waals surface area contributed by atoms with Crippen molar-refractivity contribution < 1.29 is 22.3 Å². The second-order valence-electron chi connectivity index (χ2n) is 10.3. The van der Waals surface area contributed by atoms with Crippen LogP contribution in [0.2, 0.25) is 0 Å². The summed E-state index contributed by atoms with van der Waals surface area (Å²) in [5.74, 6) is 1.86. The molecule has 1 aliphatic heterocycles. The van der Waals surface area contributed by atoms with Crippen LogP contribution in [0.4, 0.5) is 23.4 Å². The molecule has 0 radical (unpaired) electrons. The van der Waals surface area contributed by atoms with Crippen molar-refractivity contribution in [3.05, 3.63) is 24.3 Å². The number of hydrogen-bond acceptors (Lipinski definition) is 6. The van der Waals surface area contributed by atoms with Crippen LogP contribution < -0.4 is 10.5 Å². The Morgan fingerprint density at radius 1 is 1.09 bits per heavy atom. The number of halogens is 4. The Bertz CT molecular complexity index is 1070. The fourth-order valence-electron chi connectivity index (χ4n) is 6.19. The molecule has 3 saturated carbocycles. The predicted octanol–water partition coefficient (Wildman–Crippen LogP) is 3.84. The first kappa shape index (κ1) is 23.0. The lowest BCUT2D eigenvalue weighted by molar-refractivity contribution is -0.274. The summed E-state index contributed by atoms with van der Waals surface area (Å²) in [6.07, 6.45) is 3.08. The molecule has 4 aliphatic rings. The van der Waals surface area contributed by atoms with E-state index in [4.69, 9.17) is 10.7 Å². The number of pyridine rings is 1. The molecule has 1 saturated heterocycles. The van der Waals surface area contributed by atoms with Gasteiger partial charge in [-0.1, -0.05) is 0 Å². The third-order valence-corrected chi connectivity index (χ3v) is 8.13. The number of piperazine rings is 1. The molecule has 4 fully saturated rings. The molecule has 3 aliphatic carbocycles. The smallest absolute Gasteiger partial charge is 0.402 e. The van der Waals surface area contributed by atoms with Crippen LogP contribution in [0, 0.1) is 11.8 Å². The molecule has 3 heterocycles. The van der Waals surface area contributed by atoms with E-state index in [2.05, 4.69) is 24.1 Å². The van der Waals surface area contributed by atoms with E-state index in [0.717, 1.165) is 57.7 Å². The molecule has 2 N–H and O–H groups in total. The molecule has 4 atom stereocenters. The third-order valence-electron chi connectivity index (χ3n) is 8.13. The van der Waals surface area contributed by atoms with Crippen LogP contribution >= 0.6 is 0 Å². The van der Waals surface area contributed by atoms with Crippen molar-refractivity contribution in [3.8, 4) is 17.0 Å². The highest BCUT2D eigenvalue weighted by atomic mass is 19.4. The van der Waals surface area contributed by atoms with E-state index in [1.807, 2.05) is 6.20 Å². The van der Waals surface area contributed by atoms with Crippen LogP contribution in [0.5, 0.6) is 5.75 Å². The Hall–Kier alpha value is -2.40. The second-order valence-corrected chi connectivity index (χ2v) is 10.3. The Kier molecular flexibility index (Phi) is 5.67. The summed E-state index contributed by atoms with van der Waals surface area (Å²) < 4.78 is 57.2. The van der Waals surface area contributed by atoms with Crippen LogP contribution in [-0.4, -0.2) is 76.1 Å². The van der Waals surface area contributed by atoms with Gasteiger partial charge in [-0.15, -0.1) is 13.2 Å². The predicted molar refractivity (Wildman–Crippen MR) is 122 cm³/mol.